The van der Waals surface area contributed by atoms with Crippen LogP contribution >= 0.6 is 0 Å². The van der Waals surface area contributed by atoms with Crippen LogP contribution in [0.5, 0.6) is 17.4 Å². The normalized spacial score (nSPS) is 10.8. The number of nitrogens with one attached hydrogen (secondary N) is 3. The topological polar surface area (TPSA) is 171 Å². The molecule has 13 nitrogen and oxygen atoms in total. The Balaban J connectivity index is 1.50. The highest BCUT2D eigenvalue weighted by Gasteiger charge is 2.19. The molecule has 42 heavy (non-hydrogen) atoms. The van der Waals surface area contributed by atoms with E-state index in [1.165, 1.54) is 38.5 Å². The minimum Gasteiger partial charge on any atom is -0.493 e. The van der Waals surface area contributed by atoms with Gasteiger partial charge in [0, 0.05) is 37.5 Å². The maximum absolute atomic E-state index is 12.7. The van der Waals surface area contributed by atoms with Crippen molar-refractivity contribution in [3.8, 4) is 17.4 Å². The molecule has 14 heteroatoms. The van der Waals surface area contributed by atoms with Gasteiger partial charge in [-0.05, 0) is 55.3 Å². The predicted octanol–water partition coefficient (Wildman–Crippen LogP) is 2.31. The molecule has 3 rings (SSSR count). The van der Waals surface area contributed by atoms with E-state index in [0.717, 1.165) is 11.8 Å². The maximum Gasteiger partial charge on any atom is 0.414 e. The van der Waals surface area contributed by atoms with E-state index in [1.807, 2.05) is 11.6 Å². The quantitative estimate of drug-likeness (QED) is 0.233. The van der Waals surface area contributed by atoms with E-state index in [2.05, 4.69) is 15.6 Å². The largest absolute Gasteiger partial charge is 0.493 e. The number of aromatic nitrogens is 1. The fourth-order valence-corrected chi connectivity index (χ4v) is 4.52. The van der Waals surface area contributed by atoms with Crippen LogP contribution in [-0.4, -0.2) is 71.8 Å². The third-order valence-corrected chi connectivity index (χ3v) is 7.07. The highest BCUT2D eigenvalue weighted by Crippen LogP contribution is 2.27. The number of methoxy groups -OCH3 is 2. The number of pyridine rings is 1. The van der Waals surface area contributed by atoms with Gasteiger partial charge >= 0.3 is 6.09 Å². The van der Waals surface area contributed by atoms with Crippen molar-refractivity contribution in [2.45, 2.75) is 18.2 Å². The second-order valence-corrected chi connectivity index (χ2v) is 10.2. The molecule has 3 N–H and O–H groups in total. The second-order valence-electron chi connectivity index (χ2n) is 8.55. The zero-order chi connectivity index (χ0) is 30.5. The van der Waals surface area contributed by atoms with Crippen molar-refractivity contribution < 1.29 is 41.7 Å². The van der Waals surface area contributed by atoms with E-state index >= 15 is 0 Å². The van der Waals surface area contributed by atoms with Crippen molar-refractivity contribution >= 4 is 27.9 Å². The summed E-state index contributed by atoms with van der Waals surface area (Å²) in [7, 11) is -1.19. The van der Waals surface area contributed by atoms with E-state index < -0.39 is 22.0 Å². The van der Waals surface area contributed by atoms with Crippen molar-refractivity contribution in [1.82, 2.24) is 20.3 Å². The number of carbonyl (C=O) groups is 3. The smallest absolute Gasteiger partial charge is 0.414 e. The molecule has 0 saturated heterocycles. The van der Waals surface area contributed by atoms with Crippen LogP contribution in [-0.2, 0) is 21.2 Å². The lowest BCUT2D eigenvalue weighted by Gasteiger charge is -2.10. The number of hydrogen-bond acceptors (Lipinski definition) is 10. The summed E-state index contributed by atoms with van der Waals surface area (Å²) >= 11 is 0. The van der Waals surface area contributed by atoms with E-state index in [0.29, 0.717) is 43.2 Å². The summed E-state index contributed by atoms with van der Waals surface area (Å²) in [6, 6.07) is 13.3. The summed E-state index contributed by atoms with van der Waals surface area (Å²) in [5.74, 6) is -0.330. The highest BCUT2D eigenvalue weighted by molar-refractivity contribution is 7.90. The molecule has 0 aliphatic rings. The summed E-state index contributed by atoms with van der Waals surface area (Å²) in [5, 5.41) is 5.28. The molecule has 0 saturated carbocycles. The zero-order valence-electron chi connectivity index (χ0n) is 23.3. The van der Waals surface area contributed by atoms with Crippen molar-refractivity contribution in [3.05, 3.63) is 77.5 Å². The Morgan fingerprint density at radius 3 is 2.19 bits per heavy atom. The minimum absolute atomic E-state index is 0.0514. The van der Waals surface area contributed by atoms with Gasteiger partial charge in [0.2, 0.25) is 5.88 Å². The van der Waals surface area contributed by atoms with Gasteiger partial charge in [-0.1, -0.05) is 12.1 Å². The summed E-state index contributed by atoms with van der Waals surface area (Å²) in [4.78, 5) is 40.5. The third-order valence-electron chi connectivity index (χ3n) is 5.72. The van der Waals surface area contributed by atoms with Gasteiger partial charge in [-0.15, -0.1) is 0 Å². The van der Waals surface area contributed by atoms with Crippen LogP contribution in [0.15, 0.2) is 65.7 Å². The molecular weight excluding hydrogens is 568 g/mol. The molecule has 2 aromatic carbocycles. The Hall–Kier alpha value is -4.69. The SMILES string of the molecule is CCOCCNC(=O)Oc1ccc(C(=O)NS(=O)(=O)c2ccc(CCNC(=O)c3ccc(OC)c(OC)c3)cc2)cn1. The van der Waals surface area contributed by atoms with Crippen LogP contribution in [0.25, 0.3) is 0 Å². The Morgan fingerprint density at radius 1 is 0.833 bits per heavy atom. The lowest BCUT2D eigenvalue weighted by molar-refractivity contribution is 0.0951. The van der Waals surface area contributed by atoms with E-state index in [1.54, 1.807) is 30.3 Å². The number of ether oxygens (including phenoxy) is 4. The van der Waals surface area contributed by atoms with Gasteiger partial charge in [0.25, 0.3) is 21.8 Å². The minimum atomic E-state index is -4.18. The molecule has 0 bridgehead atoms. The number of hydrogen-bond donors (Lipinski definition) is 3. The molecule has 0 unspecified atom stereocenters. The first-order valence-electron chi connectivity index (χ1n) is 12.8. The molecule has 1 aromatic heterocycles. The van der Waals surface area contributed by atoms with Crippen LogP contribution in [0.4, 0.5) is 4.79 Å². The Morgan fingerprint density at radius 2 is 1.55 bits per heavy atom. The molecule has 3 amide bonds. The highest BCUT2D eigenvalue weighted by atomic mass is 32.2. The molecule has 0 aliphatic carbocycles. The summed E-state index contributed by atoms with van der Waals surface area (Å²) in [6.07, 6.45) is 0.786. The third kappa shape index (κ3) is 9.17. The van der Waals surface area contributed by atoms with Gasteiger partial charge < -0.3 is 29.6 Å². The van der Waals surface area contributed by atoms with Crippen LogP contribution in [0.1, 0.15) is 33.2 Å². The van der Waals surface area contributed by atoms with Gasteiger partial charge in [0.15, 0.2) is 11.5 Å². The first-order chi connectivity index (χ1) is 20.2. The monoisotopic (exact) mass is 600 g/mol. The Bertz CT molecular complexity index is 1480. The zero-order valence-corrected chi connectivity index (χ0v) is 24.2. The average molecular weight is 601 g/mol. The number of nitrogens with zero attached hydrogens (tertiary/aromatic N) is 1. The average Bonchev–Trinajstić information content (AvgIpc) is 2.99. The van der Waals surface area contributed by atoms with Crippen molar-refractivity contribution in [1.29, 1.82) is 0 Å². The lowest BCUT2D eigenvalue weighted by Crippen LogP contribution is -2.31. The summed E-state index contributed by atoms with van der Waals surface area (Å²) in [5.41, 5.74) is 1.13. The molecule has 0 aliphatic heterocycles. The van der Waals surface area contributed by atoms with E-state index in [9.17, 15) is 22.8 Å². The van der Waals surface area contributed by atoms with Crippen molar-refractivity contribution in [3.63, 3.8) is 0 Å². The summed E-state index contributed by atoms with van der Waals surface area (Å²) in [6.45, 7) is 3.24. The lowest BCUT2D eigenvalue weighted by atomic mass is 10.1. The van der Waals surface area contributed by atoms with E-state index in [-0.39, 0.29) is 28.8 Å². The maximum atomic E-state index is 12.7. The predicted molar refractivity (Wildman–Crippen MR) is 151 cm³/mol. The van der Waals surface area contributed by atoms with Crippen molar-refractivity contribution in [2.75, 3.05) is 40.5 Å². The molecular formula is C28H32N4O9S. The number of benzene rings is 2. The first-order valence-corrected chi connectivity index (χ1v) is 14.3. The van der Waals surface area contributed by atoms with Crippen LogP contribution in [0, 0.1) is 0 Å². The number of sulfonamides is 1. The number of rotatable bonds is 14. The fourth-order valence-electron chi connectivity index (χ4n) is 3.55. The molecule has 224 valence electrons. The van der Waals surface area contributed by atoms with Crippen LogP contribution < -0.4 is 29.6 Å². The number of amides is 3. The van der Waals surface area contributed by atoms with Crippen molar-refractivity contribution in [2.24, 2.45) is 0 Å². The number of carbonyl (C=O) groups excluding carboxylic acids is 3. The Labute approximate surface area is 243 Å². The van der Waals surface area contributed by atoms with Gasteiger partial charge in [-0.3, -0.25) is 9.59 Å². The van der Waals surface area contributed by atoms with Gasteiger partial charge in [0.1, 0.15) is 0 Å². The van der Waals surface area contributed by atoms with Gasteiger partial charge in [-0.2, -0.15) is 0 Å². The van der Waals surface area contributed by atoms with Crippen LogP contribution in [0.2, 0.25) is 0 Å². The van der Waals surface area contributed by atoms with Gasteiger partial charge in [-0.25, -0.2) is 22.9 Å². The molecule has 3 aromatic rings. The molecule has 0 atom stereocenters. The standard InChI is InChI=1S/C28H32N4O9S/c1-4-40-16-15-30-28(35)41-25-12-8-21(18-31-25)27(34)32-42(36,37)22-9-5-19(6-10-22)13-14-29-26(33)20-7-11-23(38-2)24(17-20)39-3/h5-12,17-18H,4,13-16H2,1-3H3,(H,29,33)(H,30,35)(H,32,34). The molecule has 0 spiro atoms. The van der Waals surface area contributed by atoms with E-state index in [4.69, 9.17) is 18.9 Å². The first kappa shape index (κ1) is 31.8. The van der Waals surface area contributed by atoms with Crippen LogP contribution in [0.3, 0.4) is 0 Å². The second kappa shape index (κ2) is 15.3. The molecule has 0 radical (unpaired) electrons. The Kier molecular flexibility index (Phi) is 11.6. The molecule has 0 fully saturated rings. The fraction of sp³-hybridized carbons (Fsp3) is 0.286. The molecule has 1 heterocycles. The summed E-state index contributed by atoms with van der Waals surface area (Å²) < 4.78 is 47.9. The van der Waals surface area contributed by atoms with Gasteiger partial charge in [0.05, 0.1) is 31.3 Å².